The van der Waals surface area contributed by atoms with Gasteiger partial charge in [0.25, 0.3) is 0 Å². The maximum absolute atomic E-state index is 4.40. The first-order valence-electron chi connectivity index (χ1n) is 8.09. The van der Waals surface area contributed by atoms with Gasteiger partial charge in [0, 0.05) is 18.8 Å². The Bertz CT molecular complexity index is 399. The Hall–Kier alpha value is -0.870. The quantitative estimate of drug-likeness (QED) is 0.899. The fourth-order valence-corrected chi connectivity index (χ4v) is 3.58. The van der Waals surface area contributed by atoms with Gasteiger partial charge in [-0.3, -0.25) is 4.90 Å². The summed E-state index contributed by atoms with van der Waals surface area (Å²) in [5.41, 5.74) is 1.39. The third-order valence-electron chi connectivity index (χ3n) is 4.56. The molecule has 0 bridgehead atoms. The smallest absolute Gasteiger partial charge is 0.0948 e. The fraction of sp³-hybridized carbons (Fsp3) is 0.812. The van der Waals surface area contributed by atoms with Gasteiger partial charge in [-0.2, -0.15) is 0 Å². The molecule has 0 aliphatic carbocycles. The van der Waals surface area contributed by atoms with E-state index in [-0.39, 0.29) is 0 Å². The first-order chi connectivity index (χ1) is 9.69. The molecule has 114 valence electrons. The Morgan fingerprint density at radius 1 is 1.40 bits per heavy atom. The van der Waals surface area contributed by atoms with Crippen LogP contribution in [0.2, 0.25) is 0 Å². The molecule has 0 radical (unpaired) electrons. The number of rotatable bonds is 5. The normalized spacial score (nSPS) is 25.1. The van der Waals surface area contributed by atoms with E-state index >= 15 is 0 Å². The zero-order chi connectivity index (χ0) is 14.5. The lowest BCUT2D eigenvalue weighted by Crippen LogP contribution is -2.41. The molecule has 1 saturated heterocycles. The van der Waals surface area contributed by atoms with Gasteiger partial charge >= 0.3 is 0 Å². The molecule has 4 nitrogen and oxygen atoms in total. The average molecular weight is 278 g/mol. The van der Waals surface area contributed by atoms with Gasteiger partial charge in [-0.05, 0) is 59.7 Å². The number of hydrogen-bond donors (Lipinski definition) is 1. The summed E-state index contributed by atoms with van der Waals surface area (Å²) in [5.74, 6) is 0.673. The Morgan fingerprint density at radius 2 is 2.20 bits per heavy atom. The van der Waals surface area contributed by atoms with E-state index in [9.17, 15) is 0 Å². The molecular weight excluding hydrogens is 248 g/mol. The van der Waals surface area contributed by atoms with Crippen LogP contribution in [0.3, 0.4) is 0 Å². The molecule has 0 saturated carbocycles. The summed E-state index contributed by atoms with van der Waals surface area (Å²) >= 11 is 0. The first-order valence-corrected chi connectivity index (χ1v) is 8.09. The van der Waals surface area contributed by atoms with Crippen LogP contribution < -0.4 is 5.32 Å². The SMILES string of the molecule is CCn1cncc1C1C(CNC)CCCCN1C(C)C. The zero-order valence-electron chi connectivity index (χ0n) is 13.5. The van der Waals surface area contributed by atoms with E-state index in [1.165, 1.54) is 31.5 Å². The van der Waals surface area contributed by atoms with E-state index in [4.69, 9.17) is 0 Å². The highest BCUT2D eigenvalue weighted by molar-refractivity contribution is 5.09. The lowest BCUT2D eigenvalue weighted by molar-refractivity contribution is 0.112. The second-order valence-corrected chi connectivity index (χ2v) is 6.19. The molecule has 1 aliphatic heterocycles. The van der Waals surface area contributed by atoms with Crippen molar-refractivity contribution in [1.29, 1.82) is 0 Å². The first kappa shape index (κ1) is 15.5. The molecule has 4 heteroatoms. The minimum atomic E-state index is 0.493. The standard InChI is InChI=1S/C16H30N4/c1-5-19-12-18-11-15(19)16-14(10-17-4)8-6-7-9-20(16)13(2)3/h11-14,16-17H,5-10H2,1-4H3. The summed E-state index contributed by atoms with van der Waals surface area (Å²) in [4.78, 5) is 7.08. The van der Waals surface area contributed by atoms with Crippen molar-refractivity contribution in [1.82, 2.24) is 19.8 Å². The molecule has 1 aromatic heterocycles. The Kier molecular flexibility index (Phi) is 5.61. The largest absolute Gasteiger partial charge is 0.333 e. The van der Waals surface area contributed by atoms with Crippen molar-refractivity contribution in [2.24, 2.45) is 5.92 Å². The molecule has 2 heterocycles. The predicted octanol–water partition coefficient (Wildman–Crippen LogP) is 2.67. The van der Waals surface area contributed by atoms with E-state index in [0.29, 0.717) is 18.0 Å². The maximum Gasteiger partial charge on any atom is 0.0948 e. The number of aromatic nitrogens is 2. The molecule has 0 amide bonds. The number of aryl methyl sites for hydroxylation is 1. The number of likely N-dealkylation sites (tertiary alicyclic amines) is 1. The number of nitrogens with one attached hydrogen (secondary N) is 1. The molecule has 2 atom stereocenters. The van der Waals surface area contributed by atoms with Crippen molar-refractivity contribution in [3.8, 4) is 0 Å². The lowest BCUT2D eigenvalue weighted by Gasteiger charge is -2.38. The van der Waals surface area contributed by atoms with Gasteiger partial charge in [0.1, 0.15) is 0 Å². The van der Waals surface area contributed by atoms with E-state index < -0.39 is 0 Å². The van der Waals surface area contributed by atoms with Crippen molar-refractivity contribution in [2.45, 2.75) is 58.7 Å². The van der Waals surface area contributed by atoms with Gasteiger partial charge in [0.2, 0.25) is 0 Å². The molecule has 0 spiro atoms. The van der Waals surface area contributed by atoms with Crippen molar-refractivity contribution in [3.63, 3.8) is 0 Å². The summed E-state index contributed by atoms with van der Waals surface area (Å²) in [7, 11) is 2.07. The van der Waals surface area contributed by atoms with Crippen LogP contribution in [0.1, 0.15) is 51.8 Å². The van der Waals surface area contributed by atoms with E-state index in [0.717, 1.165) is 13.1 Å². The minimum Gasteiger partial charge on any atom is -0.333 e. The molecule has 2 unspecified atom stereocenters. The molecular formula is C16H30N4. The van der Waals surface area contributed by atoms with Crippen LogP contribution in [0.25, 0.3) is 0 Å². The van der Waals surface area contributed by atoms with Gasteiger partial charge in [0.15, 0.2) is 0 Å². The lowest BCUT2D eigenvalue weighted by atomic mass is 9.91. The highest BCUT2D eigenvalue weighted by Crippen LogP contribution is 2.36. The Labute approximate surface area is 123 Å². The summed E-state index contributed by atoms with van der Waals surface area (Å²) in [6, 6.07) is 1.07. The van der Waals surface area contributed by atoms with Crippen molar-refractivity contribution in [2.75, 3.05) is 20.1 Å². The maximum atomic E-state index is 4.40. The number of hydrogen-bond acceptors (Lipinski definition) is 3. The second kappa shape index (κ2) is 7.23. The fourth-order valence-electron chi connectivity index (χ4n) is 3.58. The van der Waals surface area contributed by atoms with Crippen LogP contribution in [0.15, 0.2) is 12.5 Å². The van der Waals surface area contributed by atoms with Crippen molar-refractivity contribution < 1.29 is 0 Å². The van der Waals surface area contributed by atoms with Gasteiger partial charge in [-0.25, -0.2) is 4.98 Å². The zero-order valence-corrected chi connectivity index (χ0v) is 13.5. The highest BCUT2D eigenvalue weighted by Gasteiger charge is 2.33. The van der Waals surface area contributed by atoms with E-state index in [2.05, 4.69) is 53.8 Å². The van der Waals surface area contributed by atoms with Crippen LogP contribution in [0, 0.1) is 5.92 Å². The minimum absolute atomic E-state index is 0.493. The van der Waals surface area contributed by atoms with Crippen LogP contribution in [0.5, 0.6) is 0 Å². The summed E-state index contributed by atoms with van der Waals surface area (Å²) in [6.07, 6.45) is 8.03. The molecule has 1 aliphatic rings. The van der Waals surface area contributed by atoms with Crippen LogP contribution in [0.4, 0.5) is 0 Å². The molecule has 1 aromatic rings. The highest BCUT2D eigenvalue weighted by atomic mass is 15.2. The number of nitrogens with zero attached hydrogens (tertiary/aromatic N) is 3. The topological polar surface area (TPSA) is 33.1 Å². The van der Waals surface area contributed by atoms with Crippen molar-refractivity contribution in [3.05, 3.63) is 18.2 Å². The molecule has 2 rings (SSSR count). The number of imidazole rings is 1. The van der Waals surface area contributed by atoms with E-state index in [1.807, 2.05) is 6.33 Å². The van der Waals surface area contributed by atoms with Gasteiger partial charge in [0.05, 0.1) is 18.1 Å². The molecule has 20 heavy (non-hydrogen) atoms. The molecule has 0 aromatic carbocycles. The van der Waals surface area contributed by atoms with Crippen LogP contribution in [-0.4, -0.2) is 40.6 Å². The third-order valence-corrected chi connectivity index (χ3v) is 4.56. The third kappa shape index (κ3) is 3.23. The second-order valence-electron chi connectivity index (χ2n) is 6.19. The van der Waals surface area contributed by atoms with Gasteiger partial charge < -0.3 is 9.88 Å². The summed E-state index contributed by atoms with van der Waals surface area (Å²) in [6.45, 7) is 10.1. The van der Waals surface area contributed by atoms with Crippen LogP contribution >= 0.6 is 0 Å². The molecule has 1 N–H and O–H groups in total. The van der Waals surface area contributed by atoms with Gasteiger partial charge in [-0.1, -0.05) is 6.42 Å². The van der Waals surface area contributed by atoms with Crippen LogP contribution in [-0.2, 0) is 6.54 Å². The summed E-state index contributed by atoms with van der Waals surface area (Å²) < 4.78 is 2.31. The molecule has 1 fully saturated rings. The van der Waals surface area contributed by atoms with Gasteiger partial charge in [-0.15, -0.1) is 0 Å². The summed E-state index contributed by atoms with van der Waals surface area (Å²) in [5, 5.41) is 3.40. The Morgan fingerprint density at radius 3 is 2.85 bits per heavy atom. The monoisotopic (exact) mass is 278 g/mol. The predicted molar refractivity (Wildman–Crippen MR) is 83.8 cm³/mol. The Balaban J connectivity index is 2.36. The average Bonchev–Trinajstić information content (AvgIpc) is 2.79. The van der Waals surface area contributed by atoms with E-state index in [1.54, 1.807) is 0 Å². The van der Waals surface area contributed by atoms with Crippen molar-refractivity contribution >= 4 is 0 Å².